The third-order valence-electron chi connectivity index (χ3n) is 21.9. The van der Waals surface area contributed by atoms with Gasteiger partial charge >= 0.3 is 0 Å². The van der Waals surface area contributed by atoms with E-state index in [1.54, 1.807) is 89.9 Å². The molecule has 1 spiro atoms. The van der Waals surface area contributed by atoms with Gasteiger partial charge in [0, 0.05) is 0 Å². The van der Waals surface area contributed by atoms with Gasteiger partial charge in [0.15, 0.2) is 0 Å². The van der Waals surface area contributed by atoms with Gasteiger partial charge in [-0.2, -0.15) is 0 Å². The Morgan fingerprint density at radius 3 is 1.68 bits per heavy atom. The Bertz CT molecular complexity index is 1150. The highest BCUT2D eigenvalue weighted by Crippen LogP contribution is 2.79. The van der Waals surface area contributed by atoms with Crippen molar-refractivity contribution in [3.05, 3.63) is 0 Å². The minimum Gasteiger partial charge on any atom is -0.0649 e. The minimum atomic E-state index is 0.512. The van der Waals surface area contributed by atoms with Gasteiger partial charge in [0.25, 0.3) is 0 Å². The first-order chi connectivity index (χ1) is 23.9. The molecule has 0 bridgehead atoms. The van der Waals surface area contributed by atoms with E-state index in [1.807, 2.05) is 0 Å². The largest absolute Gasteiger partial charge is 0.0649 e. The van der Waals surface area contributed by atoms with Gasteiger partial charge in [0.05, 0.1) is 0 Å². The van der Waals surface area contributed by atoms with Crippen molar-refractivity contribution in [2.24, 2.45) is 116 Å². The van der Waals surface area contributed by atoms with E-state index in [-0.39, 0.29) is 0 Å². The van der Waals surface area contributed by atoms with Crippen molar-refractivity contribution in [1.29, 1.82) is 0 Å². The molecule has 0 heterocycles. The van der Waals surface area contributed by atoms with E-state index in [0.717, 1.165) is 94.7 Å². The van der Waals surface area contributed by atoms with E-state index in [9.17, 15) is 0 Å². The molecule has 0 radical (unpaired) electrons. The summed E-state index contributed by atoms with van der Waals surface area (Å²) < 4.78 is 0. The van der Waals surface area contributed by atoms with Crippen LogP contribution in [0.3, 0.4) is 0 Å². The number of rotatable bonds is 7. The van der Waals surface area contributed by atoms with Gasteiger partial charge in [-0.3, -0.25) is 0 Å². The molecule has 0 N–H and O–H groups in total. The maximum absolute atomic E-state index is 2.86. The number of hydrogen-bond acceptors (Lipinski definition) is 0. The highest BCUT2D eigenvalue weighted by atomic mass is 14.8. The molecule has 286 valence electrons. The van der Waals surface area contributed by atoms with Crippen LogP contribution >= 0.6 is 0 Å². The monoisotopic (exact) mass is 687 g/mol. The van der Waals surface area contributed by atoms with Crippen molar-refractivity contribution in [2.45, 2.75) is 198 Å². The summed E-state index contributed by atoms with van der Waals surface area (Å²) in [5.41, 5.74) is 2.21. The minimum absolute atomic E-state index is 0.512. The van der Waals surface area contributed by atoms with Gasteiger partial charge < -0.3 is 0 Å². The van der Waals surface area contributed by atoms with E-state index in [4.69, 9.17) is 0 Å². The van der Waals surface area contributed by atoms with E-state index in [2.05, 4.69) is 69.2 Å². The summed E-state index contributed by atoms with van der Waals surface area (Å²) in [5.74, 6) is 16.3. The second kappa shape index (κ2) is 13.3. The summed E-state index contributed by atoms with van der Waals surface area (Å²) in [6, 6.07) is 0. The molecule has 8 aliphatic rings. The number of fused-ring (bicyclic) bond motifs is 13. The average Bonchev–Trinajstić information content (AvgIpc) is 3.54. The van der Waals surface area contributed by atoms with Gasteiger partial charge in [-0.15, -0.1) is 0 Å². The van der Waals surface area contributed by atoms with Gasteiger partial charge in [-0.1, -0.05) is 127 Å². The molecular formula is C50H86. The van der Waals surface area contributed by atoms with Crippen LogP contribution in [-0.4, -0.2) is 0 Å². The zero-order chi connectivity index (χ0) is 35.4. The third kappa shape index (κ3) is 5.26. The Morgan fingerprint density at radius 1 is 0.540 bits per heavy atom. The molecule has 0 aromatic rings. The molecule has 15 atom stereocenters. The summed E-state index contributed by atoms with van der Waals surface area (Å²) in [6.45, 7) is 26.9. The van der Waals surface area contributed by atoms with E-state index < -0.39 is 0 Å². The van der Waals surface area contributed by atoms with Crippen LogP contribution in [0, 0.1) is 116 Å². The summed E-state index contributed by atoms with van der Waals surface area (Å²) in [6.07, 6.45) is 30.9. The van der Waals surface area contributed by atoms with Crippen LogP contribution in [0.2, 0.25) is 0 Å². The van der Waals surface area contributed by atoms with Crippen LogP contribution in [0.15, 0.2) is 0 Å². The van der Waals surface area contributed by atoms with Crippen molar-refractivity contribution in [3.8, 4) is 0 Å². The van der Waals surface area contributed by atoms with Gasteiger partial charge in [0.1, 0.15) is 0 Å². The van der Waals surface area contributed by atoms with Gasteiger partial charge in [0.2, 0.25) is 0 Å². The molecule has 8 saturated carbocycles. The van der Waals surface area contributed by atoms with Crippen LogP contribution in [0.25, 0.3) is 0 Å². The first-order valence-corrected chi connectivity index (χ1v) is 23.9. The van der Waals surface area contributed by atoms with Crippen LogP contribution in [0.1, 0.15) is 198 Å². The van der Waals surface area contributed by atoms with Crippen molar-refractivity contribution in [1.82, 2.24) is 0 Å². The second-order valence-corrected chi connectivity index (χ2v) is 23.2. The van der Waals surface area contributed by atoms with Crippen molar-refractivity contribution < 1.29 is 0 Å². The molecule has 50 heavy (non-hydrogen) atoms. The fraction of sp³-hybridized carbons (Fsp3) is 1.00. The molecule has 15 unspecified atom stereocenters. The molecule has 0 aliphatic heterocycles. The second-order valence-electron chi connectivity index (χ2n) is 23.2. The number of hydrogen-bond donors (Lipinski definition) is 0. The standard InChI is InChI=1S/C50H86/c1-11-48(9,12-2)33-27-34(49(10,13-3)14-4)30-50(29-33)41-26-25-40-44(38-24-23-32-19-15-16-20-35(32)46(38)47(40,7)8)45(41)43-37-22-18-17-21-36(37)39(31(5)6)28-42(43)50/h31-46H,11-30H2,1-10H3. The Hall–Kier alpha value is 0. The molecule has 0 aromatic carbocycles. The third-order valence-corrected chi connectivity index (χ3v) is 21.9. The Morgan fingerprint density at radius 2 is 1.08 bits per heavy atom. The summed E-state index contributed by atoms with van der Waals surface area (Å²) >= 11 is 0. The summed E-state index contributed by atoms with van der Waals surface area (Å²) in [7, 11) is 0. The van der Waals surface area contributed by atoms with Crippen molar-refractivity contribution in [2.75, 3.05) is 0 Å². The Labute approximate surface area is 313 Å². The maximum Gasteiger partial charge on any atom is -0.0229 e. The molecule has 0 aromatic heterocycles. The highest BCUT2D eigenvalue weighted by molar-refractivity contribution is 5.21. The van der Waals surface area contributed by atoms with E-state index in [0.29, 0.717) is 21.7 Å². The van der Waals surface area contributed by atoms with Crippen molar-refractivity contribution in [3.63, 3.8) is 0 Å². The SMILES string of the molecule is CCC(C)(CC)C1CC(C(C)(CC)CC)CC2(C1)C1CC(C(C)C)C3CCCCC3C1C1C3C4CCC5CCCCC5C4C(C)(C)C3CCC12. The molecule has 0 saturated heterocycles. The van der Waals surface area contributed by atoms with Gasteiger partial charge in [-0.05, 0) is 187 Å². The fourth-order valence-electron chi connectivity index (χ4n) is 18.8. The lowest BCUT2D eigenvalue weighted by atomic mass is 9.45. The highest BCUT2D eigenvalue weighted by Gasteiger charge is 2.73. The average molecular weight is 687 g/mol. The quantitative estimate of drug-likeness (QED) is 0.250. The Balaban J connectivity index is 1.28. The summed E-state index contributed by atoms with van der Waals surface area (Å²) in [5, 5.41) is 0. The first kappa shape index (κ1) is 36.9. The van der Waals surface area contributed by atoms with Crippen LogP contribution in [-0.2, 0) is 0 Å². The molecule has 8 rings (SSSR count). The zero-order valence-corrected chi connectivity index (χ0v) is 35.4. The predicted octanol–water partition coefficient (Wildman–Crippen LogP) is 14.9. The smallest absolute Gasteiger partial charge is 0.0229 e. The molecule has 0 amide bonds. The topological polar surface area (TPSA) is 0 Å². The van der Waals surface area contributed by atoms with Gasteiger partial charge in [-0.25, -0.2) is 0 Å². The zero-order valence-electron chi connectivity index (χ0n) is 35.4. The van der Waals surface area contributed by atoms with Crippen LogP contribution in [0.5, 0.6) is 0 Å². The normalized spacial score (nSPS) is 49.9. The fourth-order valence-corrected chi connectivity index (χ4v) is 18.8. The predicted molar refractivity (Wildman–Crippen MR) is 215 cm³/mol. The summed E-state index contributed by atoms with van der Waals surface area (Å²) in [4.78, 5) is 0. The lowest BCUT2D eigenvalue weighted by molar-refractivity contribution is -0.103. The lowest BCUT2D eigenvalue weighted by Crippen LogP contribution is -2.51. The van der Waals surface area contributed by atoms with E-state index >= 15 is 0 Å². The first-order valence-electron chi connectivity index (χ1n) is 23.9. The molecule has 0 nitrogen and oxygen atoms in total. The molecular weight excluding hydrogens is 601 g/mol. The van der Waals surface area contributed by atoms with E-state index in [1.165, 1.54) is 38.5 Å². The van der Waals surface area contributed by atoms with Crippen molar-refractivity contribution >= 4 is 0 Å². The molecule has 8 aliphatic carbocycles. The Kier molecular flexibility index (Phi) is 9.86. The molecule has 8 fully saturated rings. The van der Waals surface area contributed by atoms with Crippen LogP contribution in [0.4, 0.5) is 0 Å². The van der Waals surface area contributed by atoms with Crippen LogP contribution < -0.4 is 0 Å². The maximum atomic E-state index is 2.86. The molecule has 0 heteroatoms. The lowest BCUT2D eigenvalue weighted by Gasteiger charge is -2.59.